The summed E-state index contributed by atoms with van der Waals surface area (Å²) in [4.78, 5) is 28.5. The van der Waals surface area contributed by atoms with Crippen molar-refractivity contribution >= 4 is 28.3 Å². The van der Waals surface area contributed by atoms with Gasteiger partial charge in [0.2, 0.25) is 11.8 Å². The molecule has 1 saturated heterocycles. The topological polar surface area (TPSA) is 71.1 Å². The molecule has 2 heterocycles. The maximum atomic E-state index is 12.3. The maximum Gasteiger partial charge on any atom is 0.229 e. The number of carbonyl (C=O) groups excluding carboxylic acids is 2. The third-order valence-corrected chi connectivity index (χ3v) is 5.28. The molecule has 114 valence electrons. The van der Waals surface area contributed by atoms with Crippen LogP contribution in [0.4, 0.5) is 5.13 Å². The first-order valence-corrected chi connectivity index (χ1v) is 8.59. The van der Waals surface area contributed by atoms with E-state index < -0.39 is 0 Å². The van der Waals surface area contributed by atoms with Gasteiger partial charge in [-0.3, -0.25) is 9.59 Å². The average Bonchev–Trinajstić information content (AvgIpc) is 2.84. The minimum atomic E-state index is -0.236. The molecule has 1 aliphatic carbocycles. The van der Waals surface area contributed by atoms with Gasteiger partial charge in [-0.1, -0.05) is 13.3 Å². The van der Waals surface area contributed by atoms with E-state index in [2.05, 4.69) is 15.6 Å². The molecule has 2 atom stereocenters. The summed E-state index contributed by atoms with van der Waals surface area (Å²) in [7, 11) is 0. The van der Waals surface area contributed by atoms with Gasteiger partial charge in [0, 0.05) is 29.7 Å². The first-order valence-electron chi connectivity index (χ1n) is 7.71. The highest BCUT2D eigenvalue weighted by Gasteiger charge is 2.31. The summed E-state index contributed by atoms with van der Waals surface area (Å²) in [6.07, 6.45) is 5.55. The van der Waals surface area contributed by atoms with E-state index in [1.807, 2.05) is 12.3 Å². The molecule has 0 radical (unpaired) electrons. The van der Waals surface area contributed by atoms with Gasteiger partial charge < -0.3 is 10.6 Å². The second-order valence-electron chi connectivity index (χ2n) is 6.00. The smallest absolute Gasteiger partial charge is 0.229 e. The summed E-state index contributed by atoms with van der Waals surface area (Å²) in [6.45, 7) is 2.02. The molecule has 5 nitrogen and oxygen atoms in total. The Balaban J connectivity index is 1.60. The molecule has 1 aromatic rings. The molecule has 21 heavy (non-hydrogen) atoms. The van der Waals surface area contributed by atoms with Crippen molar-refractivity contribution in [3.63, 3.8) is 0 Å². The van der Waals surface area contributed by atoms with Crippen LogP contribution in [0, 0.1) is 5.92 Å². The number of hydrogen-bond acceptors (Lipinski definition) is 4. The van der Waals surface area contributed by atoms with Crippen molar-refractivity contribution in [2.75, 3.05) is 5.32 Å². The fourth-order valence-corrected chi connectivity index (χ4v) is 3.70. The number of anilines is 1. The van der Waals surface area contributed by atoms with Gasteiger partial charge in [0.1, 0.15) is 0 Å². The van der Waals surface area contributed by atoms with E-state index in [1.54, 1.807) is 0 Å². The van der Waals surface area contributed by atoms with Gasteiger partial charge in [0.15, 0.2) is 5.13 Å². The zero-order valence-electron chi connectivity index (χ0n) is 12.2. The number of rotatable bonds is 4. The Labute approximate surface area is 128 Å². The Bertz CT molecular complexity index is 539. The van der Waals surface area contributed by atoms with Crippen molar-refractivity contribution in [2.24, 2.45) is 5.92 Å². The largest absolute Gasteiger partial charge is 0.353 e. The first kappa shape index (κ1) is 14.5. The summed E-state index contributed by atoms with van der Waals surface area (Å²) in [5.41, 5.74) is 1.11. The number of hydrogen-bond donors (Lipinski definition) is 2. The number of thiazole rings is 1. The number of aromatic nitrogens is 1. The van der Waals surface area contributed by atoms with Crippen LogP contribution in [-0.4, -0.2) is 22.8 Å². The fourth-order valence-electron chi connectivity index (χ4n) is 2.91. The minimum Gasteiger partial charge on any atom is -0.353 e. The van der Waals surface area contributed by atoms with E-state index in [4.69, 9.17) is 0 Å². The van der Waals surface area contributed by atoms with Crippen LogP contribution in [0.1, 0.15) is 57.1 Å². The molecule has 2 fully saturated rings. The van der Waals surface area contributed by atoms with Crippen molar-refractivity contribution in [3.05, 3.63) is 11.1 Å². The highest BCUT2D eigenvalue weighted by Crippen LogP contribution is 2.37. The highest BCUT2D eigenvalue weighted by molar-refractivity contribution is 7.13. The first-order chi connectivity index (χ1) is 10.2. The second-order valence-corrected chi connectivity index (χ2v) is 6.86. The SMILES string of the molecule is CC[C@@H]1C[C@H](C(=O)Nc2nc(C3CCC3)cs2)CC(=O)N1. The van der Waals surface area contributed by atoms with E-state index in [-0.39, 0.29) is 30.2 Å². The molecule has 0 bridgehead atoms. The summed E-state index contributed by atoms with van der Waals surface area (Å²) in [5.74, 6) is 0.247. The van der Waals surface area contributed by atoms with E-state index in [1.165, 1.54) is 30.6 Å². The van der Waals surface area contributed by atoms with Gasteiger partial charge in [-0.2, -0.15) is 0 Å². The number of carbonyl (C=O) groups is 2. The third-order valence-electron chi connectivity index (χ3n) is 4.51. The van der Waals surface area contributed by atoms with Gasteiger partial charge in [0.05, 0.1) is 5.69 Å². The zero-order chi connectivity index (χ0) is 14.8. The van der Waals surface area contributed by atoms with Crippen LogP contribution in [0.25, 0.3) is 0 Å². The lowest BCUT2D eigenvalue weighted by Crippen LogP contribution is -2.45. The van der Waals surface area contributed by atoms with Crippen LogP contribution in [0.15, 0.2) is 5.38 Å². The van der Waals surface area contributed by atoms with Gasteiger partial charge in [-0.15, -0.1) is 11.3 Å². The van der Waals surface area contributed by atoms with E-state index in [0.717, 1.165) is 18.5 Å². The summed E-state index contributed by atoms with van der Waals surface area (Å²) < 4.78 is 0. The maximum absolute atomic E-state index is 12.3. The van der Waals surface area contributed by atoms with Crippen LogP contribution < -0.4 is 10.6 Å². The lowest BCUT2D eigenvalue weighted by molar-refractivity contribution is -0.130. The van der Waals surface area contributed by atoms with Crippen LogP contribution in [0.2, 0.25) is 0 Å². The van der Waals surface area contributed by atoms with Gasteiger partial charge >= 0.3 is 0 Å². The van der Waals surface area contributed by atoms with Gasteiger partial charge in [0.25, 0.3) is 0 Å². The molecule has 1 aliphatic heterocycles. The Hall–Kier alpha value is -1.43. The molecule has 1 saturated carbocycles. The molecular weight excluding hydrogens is 286 g/mol. The van der Waals surface area contributed by atoms with Crippen molar-refractivity contribution in [1.82, 2.24) is 10.3 Å². The average molecular weight is 307 g/mol. The van der Waals surface area contributed by atoms with Gasteiger partial charge in [-0.25, -0.2) is 4.98 Å². The highest BCUT2D eigenvalue weighted by atomic mass is 32.1. The number of piperidine rings is 1. The molecule has 2 N–H and O–H groups in total. The number of nitrogens with zero attached hydrogens (tertiary/aromatic N) is 1. The quantitative estimate of drug-likeness (QED) is 0.898. The number of nitrogens with one attached hydrogen (secondary N) is 2. The van der Waals surface area contributed by atoms with E-state index >= 15 is 0 Å². The molecule has 0 spiro atoms. The predicted octanol–water partition coefficient (Wildman–Crippen LogP) is 2.65. The van der Waals surface area contributed by atoms with E-state index in [9.17, 15) is 9.59 Å². The lowest BCUT2D eigenvalue weighted by Gasteiger charge is -2.28. The fraction of sp³-hybridized carbons (Fsp3) is 0.667. The van der Waals surface area contributed by atoms with Crippen LogP contribution in [-0.2, 0) is 9.59 Å². The summed E-state index contributed by atoms with van der Waals surface area (Å²) in [6, 6.07) is 0.115. The standard InChI is InChI=1S/C15H21N3O2S/c1-2-11-6-10(7-13(19)16-11)14(20)18-15-17-12(8-21-15)9-4-3-5-9/h8-11H,2-7H2,1H3,(H,16,19)(H,17,18,20)/t10-,11+/m0/s1. The zero-order valence-corrected chi connectivity index (χ0v) is 13.0. The third kappa shape index (κ3) is 3.26. The van der Waals surface area contributed by atoms with Crippen LogP contribution in [0.5, 0.6) is 0 Å². The second kappa shape index (κ2) is 6.13. The molecular formula is C15H21N3O2S. The van der Waals surface area contributed by atoms with E-state index in [0.29, 0.717) is 11.0 Å². The molecule has 2 amide bonds. The monoisotopic (exact) mass is 307 g/mol. The molecule has 0 aromatic carbocycles. The van der Waals surface area contributed by atoms with Crippen molar-refractivity contribution in [1.29, 1.82) is 0 Å². The van der Waals surface area contributed by atoms with Gasteiger partial charge in [-0.05, 0) is 25.7 Å². The Morgan fingerprint density at radius 1 is 1.52 bits per heavy atom. The molecule has 0 unspecified atom stereocenters. The Morgan fingerprint density at radius 3 is 3.00 bits per heavy atom. The van der Waals surface area contributed by atoms with Crippen LogP contribution in [0.3, 0.4) is 0 Å². The summed E-state index contributed by atoms with van der Waals surface area (Å²) in [5, 5.41) is 8.52. The molecule has 6 heteroatoms. The van der Waals surface area contributed by atoms with Crippen molar-refractivity contribution < 1.29 is 9.59 Å². The molecule has 2 aliphatic rings. The normalized spacial score (nSPS) is 26.0. The Morgan fingerprint density at radius 2 is 2.33 bits per heavy atom. The minimum absolute atomic E-state index is 0.0254. The van der Waals surface area contributed by atoms with Crippen LogP contribution >= 0.6 is 11.3 Å². The predicted molar refractivity (Wildman–Crippen MR) is 82.3 cm³/mol. The van der Waals surface area contributed by atoms with Crippen molar-refractivity contribution in [3.8, 4) is 0 Å². The van der Waals surface area contributed by atoms with Crippen molar-refractivity contribution in [2.45, 2.75) is 57.4 Å². The molecule has 3 rings (SSSR count). The lowest BCUT2D eigenvalue weighted by atomic mass is 9.83. The Kier molecular flexibility index (Phi) is 4.24. The number of amides is 2. The molecule has 1 aromatic heterocycles. The summed E-state index contributed by atoms with van der Waals surface area (Å²) >= 11 is 1.48.